The lowest BCUT2D eigenvalue weighted by Gasteiger charge is -2.14. The van der Waals surface area contributed by atoms with Crippen LogP contribution in [0.2, 0.25) is 0 Å². The van der Waals surface area contributed by atoms with Crippen LogP contribution in [-0.4, -0.2) is 23.7 Å². The molecule has 0 aliphatic heterocycles. The van der Waals surface area contributed by atoms with E-state index >= 15 is 0 Å². The molecule has 1 fully saturated rings. The van der Waals surface area contributed by atoms with Crippen molar-refractivity contribution in [3.63, 3.8) is 0 Å². The summed E-state index contributed by atoms with van der Waals surface area (Å²) in [5.41, 5.74) is 2.35. The highest BCUT2D eigenvalue weighted by molar-refractivity contribution is 5.96. The second kappa shape index (κ2) is 6.58. The van der Waals surface area contributed by atoms with Gasteiger partial charge in [0.15, 0.2) is 0 Å². The topological polar surface area (TPSA) is 49.3 Å². The highest BCUT2D eigenvalue weighted by Gasteiger charge is 2.23. The molecule has 2 unspecified atom stereocenters. The number of benzene rings is 1. The summed E-state index contributed by atoms with van der Waals surface area (Å²) in [5.74, 6) is 6.18. The molecule has 3 heteroatoms. The molecule has 1 aliphatic carbocycles. The molecule has 0 spiro atoms. The van der Waals surface area contributed by atoms with Gasteiger partial charge in [-0.2, -0.15) is 0 Å². The molecule has 0 bridgehead atoms. The van der Waals surface area contributed by atoms with Crippen LogP contribution in [0.5, 0.6) is 0 Å². The zero-order valence-electron chi connectivity index (χ0n) is 12.1. The van der Waals surface area contributed by atoms with Crippen molar-refractivity contribution in [2.75, 3.05) is 6.61 Å². The van der Waals surface area contributed by atoms with Crippen LogP contribution >= 0.6 is 0 Å². The molecule has 20 heavy (non-hydrogen) atoms. The number of aliphatic hydroxyl groups excluding tert-OH is 1. The number of hydrogen-bond donors (Lipinski definition) is 2. The van der Waals surface area contributed by atoms with E-state index in [1.54, 1.807) is 0 Å². The molecule has 1 aromatic carbocycles. The van der Waals surface area contributed by atoms with E-state index in [9.17, 15) is 4.79 Å². The van der Waals surface area contributed by atoms with E-state index in [4.69, 9.17) is 5.11 Å². The van der Waals surface area contributed by atoms with Crippen molar-refractivity contribution in [3.05, 3.63) is 34.9 Å². The van der Waals surface area contributed by atoms with Gasteiger partial charge in [0.1, 0.15) is 6.61 Å². The molecule has 0 radical (unpaired) electrons. The lowest BCUT2D eigenvalue weighted by molar-refractivity contribution is 0.0936. The van der Waals surface area contributed by atoms with Crippen LogP contribution in [0.25, 0.3) is 0 Å². The molecule has 1 aliphatic rings. The number of nitrogens with one attached hydrogen (secondary N) is 1. The van der Waals surface area contributed by atoms with Crippen molar-refractivity contribution in [1.82, 2.24) is 5.32 Å². The maximum Gasteiger partial charge on any atom is 0.251 e. The number of rotatable bonds is 2. The van der Waals surface area contributed by atoms with Gasteiger partial charge in [-0.3, -0.25) is 4.79 Å². The first-order valence-electron chi connectivity index (χ1n) is 7.12. The Kier molecular flexibility index (Phi) is 4.81. The average molecular weight is 271 g/mol. The Morgan fingerprint density at radius 1 is 1.45 bits per heavy atom. The van der Waals surface area contributed by atoms with Gasteiger partial charge in [0.2, 0.25) is 0 Å². The van der Waals surface area contributed by atoms with Crippen LogP contribution in [0, 0.1) is 24.7 Å². The predicted molar refractivity (Wildman–Crippen MR) is 79.4 cm³/mol. The monoisotopic (exact) mass is 271 g/mol. The van der Waals surface area contributed by atoms with Gasteiger partial charge in [0.05, 0.1) is 0 Å². The molecule has 1 amide bonds. The van der Waals surface area contributed by atoms with Gasteiger partial charge in [0.25, 0.3) is 5.91 Å². The third-order valence-electron chi connectivity index (χ3n) is 3.91. The van der Waals surface area contributed by atoms with Crippen molar-refractivity contribution >= 4 is 5.91 Å². The molecule has 0 aromatic heterocycles. The first-order valence-corrected chi connectivity index (χ1v) is 7.12. The number of aliphatic hydroxyl groups is 1. The van der Waals surface area contributed by atoms with Gasteiger partial charge in [0, 0.05) is 17.2 Å². The van der Waals surface area contributed by atoms with Crippen molar-refractivity contribution in [2.45, 2.75) is 39.2 Å². The average Bonchev–Trinajstić information content (AvgIpc) is 2.83. The van der Waals surface area contributed by atoms with Gasteiger partial charge in [-0.05, 0) is 49.8 Å². The van der Waals surface area contributed by atoms with Crippen molar-refractivity contribution < 1.29 is 9.90 Å². The minimum absolute atomic E-state index is 0.0192. The molecule has 1 aromatic rings. The van der Waals surface area contributed by atoms with E-state index in [2.05, 4.69) is 24.1 Å². The lowest BCUT2D eigenvalue weighted by Crippen LogP contribution is -2.33. The van der Waals surface area contributed by atoms with Crippen molar-refractivity contribution in [2.24, 2.45) is 5.92 Å². The molecule has 2 N–H and O–H groups in total. The Balaban J connectivity index is 2.13. The van der Waals surface area contributed by atoms with Crippen molar-refractivity contribution in [1.29, 1.82) is 0 Å². The summed E-state index contributed by atoms with van der Waals surface area (Å²) >= 11 is 0. The van der Waals surface area contributed by atoms with Crippen LogP contribution in [0.3, 0.4) is 0 Å². The normalized spacial score (nSPS) is 21.1. The minimum atomic E-state index is -0.171. The van der Waals surface area contributed by atoms with Crippen LogP contribution in [0.4, 0.5) is 0 Å². The summed E-state index contributed by atoms with van der Waals surface area (Å²) in [6.07, 6.45) is 3.32. The third-order valence-corrected chi connectivity index (χ3v) is 3.91. The largest absolute Gasteiger partial charge is 0.384 e. The first kappa shape index (κ1) is 14.6. The van der Waals surface area contributed by atoms with Gasteiger partial charge < -0.3 is 10.4 Å². The standard InChI is InChI=1S/C17H21NO2/c1-12-8-9-15(11-12)18-17(20)16-7-3-5-14(13(16)2)6-4-10-19/h3,5,7,12,15,19H,8-11H2,1-2H3,(H,18,20). The van der Waals surface area contributed by atoms with Crippen LogP contribution in [0.15, 0.2) is 18.2 Å². The predicted octanol–water partition coefficient (Wildman–Crippen LogP) is 2.26. The minimum Gasteiger partial charge on any atom is -0.384 e. The smallest absolute Gasteiger partial charge is 0.251 e. The number of carbonyl (C=O) groups excluding carboxylic acids is 1. The molecular formula is C17H21NO2. The molecule has 0 saturated heterocycles. The van der Waals surface area contributed by atoms with E-state index in [0.29, 0.717) is 17.5 Å². The van der Waals surface area contributed by atoms with E-state index in [-0.39, 0.29) is 12.5 Å². The second-order valence-corrected chi connectivity index (χ2v) is 5.53. The summed E-state index contributed by atoms with van der Waals surface area (Å²) < 4.78 is 0. The van der Waals surface area contributed by atoms with Gasteiger partial charge in [-0.15, -0.1) is 0 Å². The summed E-state index contributed by atoms with van der Waals surface area (Å²) in [5, 5.41) is 11.9. The van der Waals surface area contributed by atoms with Crippen LogP contribution < -0.4 is 5.32 Å². The summed E-state index contributed by atoms with van der Waals surface area (Å²) in [4.78, 5) is 12.3. The van der Waals surface area contributed by atoms with E-state index in [1.807, 2.05) is 25.1 Å². The zero-order chi connectivity index (χ0) is 14.5. The van der Waals surface area contributed by atoms with Crippen LogP contribution in [0.1, 0.15) is 47.7 Å². The maximum atomic E-state index is 12.3. The number of hydrogen-bond acceptors (Lipinski definition) is 2. The van der Waals surface area contributed by atoms with Gasteiger partial charge in [-0.25, -0.2) is 0 Å². The Morgan fingerprint density at radius 3 is 2.90 bits per heavy atom. The van der Waals surface area contributed by atoms with Gasteiger partial charge in [-0.1, -0.05) is 24.8 Å². The third kappa shape index (κ3) is 3.40. The number of carbonyl (C=O) groups is 1. The molecular weight excluding hydrogens is 250 g/mol. The fourth-order valence-electron chi connectivity index (χ4n) is 2.75. The molecule has 1 saturated carbocycles. The summed E-state index contributed by atoms with van der Waals surface area (Å²) in [6, 6.07) is 5.82. The number of amides is 1. The van der Waals surface area contributed by atoms with Gasteiger partial charge >= 0.3 is 0 Å². The molecule has 106 valence electrons. The fourth-order valence-corrected chi connectivity index (χ4v) is 2.75. The molecule has 3 nitrogen and oxygen atoms in total. The maximum absolute atomic E-state index is 12.3. The highest BCUT2D eigenvalue weighted by Crippen LogP contribution is 2.25. The molecule has 2 rings (SSSR count). The lowest BCUT2D eigenvalue weighted by atomic mass is 10.0. The summed E-state index contributed by atoms with van der Waals surface area (Å²) in [7, 11) is 0. The Labute approximate surface area is 120 Å². The van der Waals surface area contributed by atoms with Crippen LogP contribution in [-0.2, 0) is 0 Å². The highest BCUT2D eigenvalue weighted by atomic mass is 16.2. The Bertz CT molecular complexity index is 554. The Hall–Kier alpha value is -1.79. The summed E-state index contributed by atoms with van der Waals surface area (Å²) in [6.45, 7) is 3.95. The zero-order valence-corrected chi connectivity index (χ0v) is 12.1. The fraction of sp³-hybridized carbons (Fsp3) is 0.471. The first-order chi connectivity index (χ1) is 9.61. The molecule has 2 atom stereocenters. The van der Waals surface area contributed by atoms with E-state index in [1.165, 1.54) is 6.42 Å². The SMILES string of the molecule is Cc1c(C#CCO)cccc1C(=O)NC1CCC(C)C1. The van der Waals surface area contributed by atoms with E-state index < -0.39 is 0 Å². The van der Waals surface area contributed by atoms with Crippen molar-refractivity contribution in [3.8, 4) is 11.8 Å². The quantitative estimate of drug-likeness (QED) is 0.811. The van der Waals surface area contributed by atoms with E-state index in [0.717, 1.165) is 24.0 Å². The molecule has 0 heterocycles. The second-order valence-electron chi connectivity index (χ2n) is 5.53. The Morgan fingerprint density at radius 2 is 2.25 bits per heavy atom.